The van der Waals surface area contributed by atoms with Gasteiger partial charge in [-0.1, -0.05) is 30.3 Å². The highest BCUT2D eigenvalue weighted by Crippen LogP contribution is 2.25. The third-order valence-electron chi connectivity index (χ3n) is 4.90. The average molecular weight is 472 g/mol. The van der Waals surface area contributed by atoms with Crippen LogP contribution >= 0.6 is 0 Å². The SMILES string of the molecule is CCOc1cccc(C(=O)Nc2cc(OC(=O)c3cccc(OCC)c3)n(-c3ccccc3)n2)c1. The van der Waals surface area contributed by atoms with Crippen molar-refractivity contribution in [3.8, 4) is 23.1 Å². The van der Waals surface area contributed by atoms with Gasteiger partial charge in [0.15, 0.2) is 5.82 Å². The molecular weight excluding hydrogens is 446 g/mol. The molecule has 0 aliphatic rings. The van der Waals surface area contributed by atoms with Gasteiger partial charge in [-0.15, -0.1) is 5.10 Å². The van der Waals surface area contributed by atoms with Crippen LogP contribution in [-0.4, -0.2) is 34.9 Å². The lowest BCUT2D eigenvalue weighted by atomic mass is 10.2. The van der Waals surface area contributed by atoms with E-state index < -0.39 is 5.97 Å². The van der Waals surface area contributed by atoms with Crippen molar-refractivity contribution in [1.82, 2.24) is 9.78 Å². The summed E-state index contributed by atoms with van der Waals surface area (Å²) in [4.78, 5) is 25.7. The van der Waals surface area contributed by atoms with Gasteiger partial charge in [0.2, 0.25) is 5.88 Å². The standard InChI is InChI=1S/C27H25N3O5/c1-3-33-22-14-8-10-19(16-22)26(31)28-24-18-25(30(29-24)21-12-6-5-7-13-21)35-27(32)20-11-9-15-23(17-20)34-4-2/h5-18H,3-4H2,1-2H3,(H,28,29,31). The minimum atomic E-state index is -0.578. The van der Waals surface area contributed by atoms with Gasteiger partial charge in [0.1, 0.15) is 11.5 Å². The molecule has 8 nitrogen and oxygen atoms in total. The minimum Gasteiger partial charge on any atom is -0.494 e. The van der Waals surface area contributed by atoms with Crippen LogP contribution < -0.4 is 19.5 Å². The van der Waals surface area contributed by atoms with Crippen molar-refractivity contribution in [2.45, 2.75) is 13.8 Å². The smallest absolute Gasteiger partial charge is 0.344 e. The number of nitrogens with zero attached hydrogens (tertiary/aromatic N) is 2. The summed E-state index contributed by atoms with van der Waals surface area (Å²) < 4.78 is 18.1. The van der Waals surface area contributed by atoms with Crippen molar-refractivity contribution in [2.24, 2.45) is 0 Å². The summed E-state index contributed by atoms with van der Waals surface area (Å²) in [5.74, 6) is 0.602. The van der Waals surface area contributed by atoms with Gasteiger partial charge in [-0.05, 0) is 62.4 Å². The van der Waals surface area contributed by atoms with Gasteiger partial charge in [-0.3, -0.25) is 4.79 Å². The van der Waals surface area contributed by atoms with E-state index in [1.165, 1.54) is 10.7 Å². The predicted molar refractivity (Wildman–Crippen MR) is 132 cm³/mol. The highest BCUT2D eigenvalue weighted by molar-refractivity contribution is 6.04. The van der Waals surface area contributed by atoms with E-state index in [2.05, 4.69) is 10.4 Å². The molecule has 0 fully saturated rings. The molecule has 0 saturated carbocycles. The third-order valence-corrected chi connectivity index (χ3v) is 4.90. The molecular formula is C27H25N3O5. The molecule has 0 bridgehead atoms. The zero-order valence-electron chi connectivity index (χ0n) is 19.4. The fraction of sp³-hybridized carbons (Fsp3) is 0.148. The molecule has 178 valence electrons. The number of nitrogens with one attached hydrogen (secondary N) is 1. The van der Waals surface area contributed by atoms with E-state index in [0.717, 1.165) is 0 Å². The van der Waals surface area contributed by atoms with E-state index in [1.807, 2.05) is 44.2 Å². The van der Waals surface area contributed by atoms with Crippen LogP contribution in [0.2, 0.25) is 0 Å². The Balaban J connectivity index is 1.60. The Kier molecular flexibility index (Phi) is 7.42. The van der Waals surface area contributed by atoms with Gasteiger partial charge in [0, 0.05) is 11.6 Å². The summed E-state index contributed by atoms with van der Waals surface area (Å²) in [6.45, 7) is 4.72. The molecule has 0 atom stereocenters. The molecule has 8 heteroatoms. The number of benzene rings is 3. The number of hydrogen-bond acceptors (Lipinski definition) is 6. The second-order valence-corrected chi connectivity index (χ2v) is 7.38. The lowest BCUT2D eigenvalue weighted by molar-refractivity contribution is 0.0722. The molecule has 0 saturated heterocycles. The number of amides is 1. The summed E-state index contributed by atoms with van der Waals surface area (Å²) in [6, 6.07) is 24.3. The second-order valence-electron chi connectivity index (χ2n) is 7.38. The Bertz CT molecular complexity index is 1320. The Labute approximate surface area is 203 Å². The van der Waals surface area contributed by atoms with Crippen molar-refractivity contribution >= 4 is 17.7 Å². The number of carbonyl (C=O) groups excluding carboxylic acids is 2. The largest absolute Gasteiger partial charge is 0.494 e. The van der Waals surface area contributed by atoms with E-state index in [0.29, 0.717) is 41.5 Å². The van der Waals surface area contributed by atoms with Crippen molar-refractivity contribution in [3.63, 3.8) is 0 Å². The zero-order valence-corrected chi connectivity index (χ0v) is 19.4. The van der Waals surface area contributed by atoms with Crippen molar-refractivity contribution < 1.29 is 23.8 Å². The molecule has 0 aliphatic heterocycles. The summed E-state index contributed by atoms with van der Waals surface area (Å²) >= 11 is 0. The molecule has 0 aliphatic carbocycles. The fourth-order valence-electron chi connectivity index (χ4n) is 3.37. The van der Waals surface area contributed by atoms with E-state index in [-0.39, 0.29) is 17.6 Å². The summed E-state index contributed by atoms with van der Waals surface area (Å²) in [7, 11) is 0. The van der Waals surface area contributed by atoms with Gasteiger partial charge in [-0.2, -0.15) is 4.68 Å². The van der Waals surface area contributed by atoms with Crippen LogP contribution in [0.25, 0.3) is 5.69 Å². The van der Waals surface area contributed by atoms with Crippen LogP contribution in [0.15, 0.2) is 84.9 Å². The van der Waals surface area contributed by atoms with Gasteiger partial charge < -0.3 is 19.5 Å². The first-order valence-electron chi connectivity index (χ1n) is 11.2. The van der Waals surface area contributed by atoms with Gasteiger partial charge in [0.05, 0.1) is 24.5 Å². The molecule has 0 radical (unpaired) electrons. The Morgan fingerprint density at radius 2 is 1.43 bits per heavy atom. The van der Waals surface area contributed by atoms with Crippen LogP contribution in [0.5, 0.6) is 17.4 Å². The Morgan fingerprint density at radius 3 is 2.09 bits per heavy atom. The topological polar surface area (TPSA) is 91.7 Å². The molecule has 4 aromatic rings. The number of hydrogen-bond donors (Lipinski definition) is 1. The Morgan fingerprint density at radius 1 is 0.800 bits per heavy atom. The van der Waals surface area contributed by atoms with Crippen LogP contribution in [-0.2, 0) is 0 Å². The molecule has 0 unspecified atom stereocenters. The normalized spacial score (nSPS) is 10.5. The number of para-hydroxylation sites is 1. The van der Waals surface area contributed by atoms with Gasteiger partial charge in [0.25, 0.3) is 5.91 Å². The van der Waals surface area contributed by atoms with Gasteiger partial charge in [-0.25, -0.2) is 4.79 Å². The Hall–Kier alpha value is -4.59. The van der Waals surface area contributed by atoms with Gasteiger partial charge >= 0.3 is 5.97 Å². The number of anilines is 1. The molecule has 1 amide bonds. The number of rotatable bonds is 9. The highest BCUT2D eigenvalue weighted by atomic mass is 16.5. The minimum absolute atomic E-state index is 0.154. The van der Waals surface area contributed by atoms with Crippen molar-refractivity contribution in [3.05, 3.63) is 96.1 Å². The quantitative estimate of drug-likeness (QED) is 0.340. The second kappa shape index (κ2) is 11.0. The molecule has 1 heterocycles. The lowest BCUT2D eigenvalue weighted by Gasteiger charge is -2.08. The summed E-state index contributed by atoms with van der Waals surface area (Å²) in [6.07, 6.45) is 0. The summed E-state index contributed by atoms with van der Waals surface area (Å²) in [5, 5.41) is 7.21. The van der Waals surface area contributed by atoms with E-state index in [4.69, 9.17) is 14.2 Å². The third kappa shape index (κ3) is 5.86. The number of carbonyl (C=O) groups is 2. The average Bonchev–Trinajstić information content (AvgIpc) is 3.27. The van der Waals surface area contributed by atoms with Crippen LogP contribution in [0.1, 0.15) is 34.6 Å². The zero-order chi connectivity index (χ0) is 24.6. The number of esters is 1. The number of ether oxygens (including phenoxy) is 3. The maximum atomic E-state index is 12.9. The first-order valence-corrected chi connectivity index (χ1v) is 11.2. The van der Waals surface area contributed by atoms with Crippen molar-refractivity contribution in [1.29, 1.82) is 0 Å². The molecule has 1 aromatic heterocycles. The van der Waals surface area contributed by atoms with E-state index >= 15 is 0 Å². The monoisotopic (exact) mass is 471 g/mol. The molecule has 3 aromatic carbocycles. The van der Waals surface area contributed by atoms with Crippen molar-refractivity contribution in [2.75, 3.05) is 18.5 Å². The summed E-state index contributed by atoms with van der Waals surface area (Å²) in [5.41, 5.74) is 1.41. The number of aromatic nitrogens is 2. The fourth-order valence-corrected chi connectivity index (χ4v) is 3.37. The first kappa shape index (κ1) is 23.6. The molecule has 0 spiro atoms. The van der Waals surface area contributed by atoms with E-state index in [1.54, 1.807) is 48.5 Å². The maximum absolute atomic E-state index is 12.9. The van der Waals surface area contributed by atoms with Crippen LogP contribution in [0, 0.1) is 0 Å². The molecule has 4 rings (SSSR count). The molecule has 1 N–H and O–H groups in total. The van der Waals surface area contributed by atoms with E-state index in [9.17, 15) is 9.59 Å². The lowest BCUT2D eigenvalue weighted by Crippen LogP contribution is -2.13. The first-order chi connectivity index (χ1) is 17.1. The highest BCUT2D eigenvalue weighted by Gasteiger charge is 2.18. The maximum Gasteiger partial charge on any atom is 0.344 e. The van der Waals surface area contributed by atoms with Crippen LogP contribution in [0.3, 0.4) is 0 Å². The predicted octanol–water partition coefficient (Wildman–Crippen LogP) is 5.14. The van der Waals surface area contributed by atoms with Crippen LogP contribution in [0.4, 0.5) is 5.82 Å². The molecule has 35 heavy (non-hydrogen) atoms.